The lowest BCUT2D eigenvalue weighted by molar-refractivity contribution is -0.153. The largest absolute Gasteiger partial charge is 0.614 e. The van der Waals surface area contributed by atoms with Crippen molar-refractivity contribution in [3.63, 3.8) is 0 Å². The maximum atomic E-state index is 13.4. The van der Waals surface area contributed by atoms with Crippen LogP contribution in [0.2, 0.25) is 4.34 Å². The Labute approximate surface area is 273 Å². The highest BCUT2D eigenvalue weighted by Crippen LogP contribution is 2.38. The highest BCUT2D eigenvalue weighted by atomic mass is 127. The van der Waals surface area contributed by atoms with Crippen LogP contribution in [0.4, 0.5) is 0 Å². The summed E-state index contributed by atoms with van der Waals surface area (Å²) in [5, 5.41) is 5.82. The Morgan fingerprint density at radius 2 is 2.05 bits per heavy atom. The number of carbonyl (C=O) groups excluding carboxylic acids is 4. The molecule has 4 rings (SSSR count). The molecule has 0 aliphatic carbocycles. The second kappa shape index (κ2) is 14.3. The summed E-state index contributed by atoms with van der Waals surface area (Å²) in [7, 11) is 2.71. The quantitative estimate of drug-likeness (QED) is 0.0513. The molecule has 3 heterocycles. The standard InChI is InChI=1S/C25H25BClIN4O9S2/c1-11(24(35)40-26)41-31-17(16-20(27)42-12(2)29-16)21(33)30-18-22(34)32-19(14(8-28)10-43(37)23(18)32)25(36)39-9-13-4-6-15(38-3)7-5-13/h4-7,11,18,23H,8-10,26H2,1-3H3,(H,30,33)/b31-17-/t11-,18?,23+,43?/m0/s1. The van der Waals surface area contributed by atoms with E-state index in [2.05, 4.69) is 20.1 Å². The van der Waals surface area contributed by atoms with Gasteiger partial charge in [-0.1, -0.05) is 51.5 Å². The van der Waals surface area contributed by atoms with Crippen LogP contribution < -0.4 is 10.1 Å². The molecule has 2 aromatic rings. The highest BCUT2D eigenvalue weighted by molar-refractivity contribution is 14.1. The molecule has 18 heteroatoms. The average Bonchev–Trinajstić information content (AvgIpc) is 3.34. The molecule has 2 unspecified atom stereocenters. The summed E-state index contributed by atoms with van der Waals surface area (Å²) < 4.78 is 28.9. The normalized spacial score (nSPS) is 20.5. The smallest absolute Gasteiger partial charge is 0.355 e. The monoisotopic (exact) mass is 762 g/mol. The third kappa shape index (κ3) is 7.11. The first-order valence-corrected chi connectivity index (χ1v) is 16.6. The zero-order valence-corrected chi connectivity index (χ0v) is 27.8. The molecule has 228 valence electrons. The number of aromatic nitrogens is 1. The minimum Gasteiger partial charge on any atom is -0.614 e. The molecule has 2 aliphatic rings. The van der Waals surface area contributed by atoms with E-state index in [9.17, 15) is 23.7 Å². The molecule has 1 aromatic heterocycles. The molecule has 2 aliphatic heterocycles. The van der Waals surface area contributed by atoms with Gasteiger partial charge in [-0.3, -0.25) is 14.5 Å². The van der Waals surface area contributed by atoms with Crippen LogP contribution in [0.25, 0.3) is 0 Å². The number of fused-ring (bicyclic) bond motifs is 1. The topological polar surface area (TPSA) is 169 Å². The number of nitrogens with zero attached hydrogens (tertiary/aromatic N) is 3. The molecular formula is C25H25BClIN4O9S2. The summed E-state index contributed by atoms with van der Waals surface area (Å²) in [6.45, 7) is 2.97. The number of amides is 2. The minimum absolute atomic E-state index is 0.00491. The second-order valence-corrected chi connectivity index (χ2v) is 13.3. The number of nitrogens with one attached hydrogen (secondary N) is 1. The van der Waals surface area contributed by atoms with E-state index in [4.69, 9.17) is 25.9 Å². The zero-order valence-electron chi connectivity index (χ0n) is 23.3. The Balaban J connectivity index is 1.53. The molecular weight excluding hydrogens is 738 g/mol. The third-order valence-corrected chi connectivity index (χ3v) is 10.1. The number of methoxy groups -OCH3 is 1. The van der Waals surface area contributed by atoms with Gasteiger partial charge >= 0.3 is 20.0 Å². The van der Waals surface area contributed by atoms with Crippen LogP contribution in [0.1, 0.15) is 23.2 Å². The average molecular weight is 763 g/mol. The van der Waals surface area contributed by atoms with Gasteiger partial charge in [-0.15, -0.1) is 11.3 Å². The summed E-state index contributed by atoms with van der Waals surface area (Å²) in [5.41, 5.74) is 0.770. The van der Waals surface area contributed by atoms with Gasteiger partial charge in [0, 0.05) is 10.0 Å². The number of esters is 1. The summed E-state index contributed by atoms with van der Waals surface area (Å²) in [4.78, 5) is 62.3. The van der Waals surface area contributed by atoms with E-state index in [1.807, 2.05) is 22.6 Å². The first-order chi connectivity index (χ1) is 20.5. The summed E-state index contributed by atoms with van der Waals surface area (Å²) >= 11 is 7.73. The summed E-state index contributed by atoms with van der Waals surface area (Å²) in [5.74, 6) is -2.41. The van der Waals surface area contributed by atoms with Gasteiger partial charge in [0.2, 0.25) is 11.5 Å². The maximum absolute atomic E-state index is 13.4. The SMILES string of the molecule is BOC(=O)[C@H](C)O/N=C(\C(=O)NC1C(=O)N2C(C(=O)OCc3ccc(OC)cc3)=C(CI)C[S+]([O-])[C@H]12)c1nc(C)sc1Cl. The van der Waals surface area contributed by atoms with Gasteiger partial charge in [0.15, 0.2) is 11.8 Å². The van der Waals surface area contributed by atoms with Crippen LogP contribution in [0, 0.1) is 6.92 Å². The minimum atomic E-state index is -1.65. The van der Waals surface area contributed by atoms with E-state index in [0.717, 1.165) is 16.2 Å². The highest BCUT2D eigenvalue weighted by Gasteiger charge is 2.61. The van der Waals surface area contributed by atoms with Gasteiger partial charge in [-0.05, 0) is 42.7 Å². The third-order valence-electron chi connectivity index (χ3n) is 6.34. The van der Waals surface area contributed by atoms with Crippen molar-refractivity contribution in [1.82, 2.24) is 15.2 Å². The number of oxime groups is 1. The number of ether oxygens (including phenoxy) is 2. The van der Waals surface area contributed by atoms with E-state index >= 15 is 0 Å². The molecule has 0 bridgehead atoms. The van der Waals surface area contributed by atoms with Gasteiger partial charge < -0.3 is 28.8 Å². The van der Waals surface area contributed by atoms with E-state index in [1.165, 1.54) is 15.0 Å². The fourth-order valence-corrected chi connectivity index (χ4v) is 7.96. The number of hydrogen-bond donors (Lipinski definition) is 1. The van der Waals surface area contributed by atoms with E-state index < -0.39 is 58.2 Å². The molecule has 0 spiro atoms. The van der Waals surface area contributed by atoms with Gasteiger partial charge in [0.05, 0.1) is 12.1 Å². The Hall–Kier alpha value is -2.87. The molecule has 1 fully saturated rings. The molecule has 13 nitrogen and oxygen atoms in total. The van der Waals surface area contributed by atoms with Crippen molar-refractivity contribution in [1.29, 1.82) is 0 Å². The van der Waals surface area contributed by atoms with Crippen LogP contribution >= 0.6 is 45.5 Å². The molecule has 4 atom stereocenters. The molecule has 1 saturated heterocycles. The van der Waals surface area contributed by atoms with Gasteiger partial charge in [0.1, 0.15) is 33.8 Å². The van der Waals surface area contributed by atoms with Gasteiger partial charge in [0.25, 0.3) is 11.8 Å². The van der Waals surface area contributed by atoms with Crippen molar-refractivity contribution in [2.24, 2.45) is 5.16 Å². The fraction of sp³-hybridized carbons (Fsp3) is 0.360. The van der Waals surface area contributed by atoms with E-state index in [0.29, 0.717) is 26.3 Å². The molecule has 0 saturated carbocycles. The van der Waals surface area contributed by atoms with E-state index in [1.54, 1.807) is 38.3 Å². The Morgan fingerprint density at radius 1 is 1.35 bits per heavy atom. The first kappa shape index (κ1) is 33.0. The lowest BCUT2D eigenvalue weighted by atomic mass is 10.0. The number of rotatable bonds is 11. The van der Waals surface area contributed by atoms with Crippen LogP contribution in [-0.2, 0) is 51.2 Å². The molecule has 43 heavy (non-hydrogen) atoms. The number of aryl methyl sites for hydroxylation is 1. The molecule has 0 radical (unpaired) electrons. The van der Waals surface area contributed by atoms with Gasteiger partial charge in [-0.25, -0.2) is 14.6 Å². The molecule has 1 aromatic carbocycles. The molecule has 2 amide bonds. The number of carbonyl (C=O) groups is 4. The summed E-state index contributed by atoms with van der Waals surface area (Å²) in [6.07, 6.45) is -1.17. The maximum Gasteiger partial charge on any atom is 0.355 e. The van der Waals surface area contributed by atoms with Crippen LogP contribution in [0.3, 0.4) is 0 Å². The number of benzene rings is 1. The lowest BCUT2D eigenvalue weighted by Crippen LogP contribution is -2.75. The van der Waals surface area contributed by atoms with Crippen molar-refractivity contribution in [3.8, 4) is 5.75 Å². The van der Waals surface area contributed by atoms with Crippen molar-refractivity contribution < 1.29 is 42.7 Å². The van der Waals surface area contributed by atoms with Gasteiger partial charge in [-0.2, -0.15) is 0 Å². The second-order valence-electron chi connectivity index (χ2n) is 9.15. The number of alkyl halides is 1. The number of β-lactam (4-membered cyclic amide) rings is 1. The van der Waals surface area contributed by atoms with Crippen LogP contribution in [0.5, 0.6) is 5.75 Å². The Morgan fingerprint density at radius 3 is 2.63 bits per heavy atom. The van der Waals surface area contributed by atoms with Crippen molar-refractivity contribution in [2.75, 3.05) is 17.3 Å². The van der Waals surface area contributed by atoms with Crippen molar-refractivity contribution >= 4 is 94.2 Å². The number of halogens is 2. The summed E-state index contributed by atoms with van der Waals surface area (Å²) in [6, 6.07) is 5.68. The van der Waals surface area contributed by atoms with Crippen molar-refractivity contribution in [2.45, 2.75) is 38.0 Å². The number of thiazole rings is 1. The Kier molecular flexibility index (Phi) is 11.0. The Bertz CT molecular complexity index is 1490. The zero-order chi connectivity index (χ0) is 31.4. The lowest BCUT2D eigenvalue weighted by Gasteiger charge is -2.49. The van der Waals surface area contributed by atoms with Crippen LogP contribution in [-0.4, -0.2) is 86.8 Å². The first-order valence-electron chi connectivity index (χ1n) is 12.5. The predicted molar refractivity (Wildman–Crippen MR) is 168 cm³/mol. The van der Waals surface area contributed by atoms with Crippen molar-refractivity contribution in [3.05, 3.63) is 56.1 Å². The number of hydrogen-bond acceptors (Lipinski definition) is 12. The fourth-order valence-electron chi connectivity index (χ4n) is 4.17. The van der Waals surface area contributed by atoms with Crippen LogP contribution in [0.15, 0.2) is 40.7 Å². The predicted octanol–water partition coefficient (Wildman–Crippen LogP) is 1.16. The molecule has 1 N–H and O–H groups in total. The van der Waals surface area contributed by atoms with E-state index in [-0.39, 0.29) is 28.1 Å².